The molecule has 0 amide bonds. The Labute approximate surface area is 91.9 Å². The first kappa shape index (κ1) is 11.3. The van der Waals surface area contributed by atoms with Crippen molar-refractivity contribution in [3.63, 3.8) is 0 Å². The Hall–Kier alpha value is -0.780. The molecular formula is C7H5Cl2NO3S. The minimum atomic E-state index is -2.94. The summed E-state index contributed by atoms with van der Waals surface area (Å²) < 4.78 is 21.7. The van der Waals surface area contributed by atoms with Gasteiger partial charge >= 0.3 is 0 Å². The third kappa shape index (κ3) is 2.00. The molecule has 0 saturated heterocycles. The Balaban J connectivity index is 3.57. The predicted octanol–water partition coefficient (Wildman–Crippen LogP) is 1.81. The molecule has 1 aromatic carbocycles. The van der Waals surface area contributed by atoms with Gasteiger partial charge in [-0.05, 0) is 6.07 Å². The maximum Gasteiger partial charge on any atom is 0.236 e. The van der Waals surface area contributed by atoms with Crippen LogP contribution < -0.4 is 0 Å². The number of halogens is 2. The van der Waals surface area contributed by atoms with Crippen LogP contribution in [0, 0.1) is 5.21 Å². The predicted molar refractivity (Wildman–Crippen MR) is 55.5 cm³/mol. The first-order chi connectivity index (χ1) is 6.45. The molecule has 0 aromatic heterocycles. The first-order valence-electron chi connectivity index (χ1n) is 3.35. The minimum Gasteiger partial charge on any atom is -0.619 e. The molecule has 0 radical (unpaired) electrons. The van der Waals surface area contributed by atoms with E-state index in [0.29, 0.717) is 0 Å². The number of hydrogen-bond donors (Lipinski definition) is 1. The van der Waals surface area contributed by atoms with E-state index in [2.05, 4.69) is 6.72 Å². The summed E-state index contributed by atoms with van der Waals surface area (Å²) in [4.78, 5) is -0.259. The lowest BCUT2D eigenvalue weighted by Gasteiger charge is -2.05. The highest BCUT2D eigenvalue weighted by molar-refractivity contribution is 7.72. The number of thiol groups is 1. The Bertz CT molecular complexity index is 462. The Morgan fingerprint density at radius 3 is 2.36 bits per heavy atom. The summed E-state index contributed by atoms with van der Waals surface area (Å²) in [6.45, 7) is 3.05. The van der Waals surface area contributed by atoms with Gasteiger partial charge in [-0.1, -0.05) is 23.2 Å². The fourth-order valence-electron chi connectivity index (χ4n) is 0.890. The van der Waals surface area contributed by atoms with Crippen molar-refractivity contribution in [1.29, 1.82) is 0 Å². The standard InChI is InChI=1S/C7H5Cl2NO3S/c1-10(11)5-3-2-4(8)7(6(5)9)14(12)13/h2-3,14H,1H2. The second-order valence-corrected chi connectivity index (χ2v) is 4.11. The van der Waals surface area contributed by atoms with Crippen LogP contribution in [-0.2, 0) is 10.7 Å². The maximum atomic E-state index is 10.8. The van der Waals surface area contributed by atoms with E-state index in [4.69, 9.17) is 23.2 Å². The van der Waals surface area contributed by atoms with Crippen LogP contribution in [0.1, 0.15) is 0 Å². The average molecular weight is 254 g/mol. The van der Waals surface area contributed by atoms with Gasteiger partial charge in [0.25, 0.3) is 0 Å². The molecule has 0 N–H and O–H groups in total. The van der Waals surface area contributed by atoms with Crippen LogP contribution >= 0.6 is 23.2 Å². The fraction of sp³-hybridized carbons (Fsp3) is 0. The van der Waals surface area contributed by atoms with Crippen molar-refractivity contribution in [3.05, 3.63) is 27.4 Å². The zero-order valence-electron chi connectivity index (χ0n) is 6.74. The van der Waals surface area contributed by atoms with Gasteiger partial charge in [0.2, 0.25) is 5.69 Å². The van der Waals surface area contributed by atoms with Gasteiger partial charge in [-0.15, -0.1) is 0 Å². The third-order valence-corrected chi connectivity index (χ3v) is 3.29. The second-order valence-electron chi connectivity index (χ2n) is 2.36. The van der Waals surface area contributed by atoms with Gasteiger partial charge in [0.1, 0.15) is 16.6 Å². The molecule has 0 unspecified atom stereocenters. The van der Waals surface area contributed by atoms with E-state index in [1.54, 1.807) is 0 Å². The van der Waals surface area contributed by atoms with Gasteiger partial charge in [-0.25, -0.2) is 8.42 Å². The molecule has 4 nitrogen and oxygen atoms in total. The SMILES string of the molecule is C=[N+]([O-])c1ccc(Cl)c([SH](=O)=O)c1Cl. The van der Waals surface area contributed by atoms with Gasteiger partial charge < -0.3 is 5.21 Å². The Morgan fingerprint density at radius 1 is 1.36 bits per heavy atom. The summed E-state index contributed by atoms with van der Waals surface area (Å²) in [6.07, 6.45) is 0. The summed E-state index contributed by atoms with van der Waals surface area (Å²) in [5, 5.41) is 10.6. The largest absolute Gasteiger partial charge is 0.619 e. The van der Waals surface area contributed by atoms with Crippen LogP contribution in [0.2, 0.25) is 10.0 Å². The maximum absolute atomic E-state index is 10.8. The van der Waals surface area contributed by atoms with Crippen LogP contribution in [0.5, 0.6) is 0 Å². The second kappa shape index (κ2) is 4.16. The number of benzene rings is 1. The molecule has 0 fully saturated rings. The van der Waals surface area contributed by atoms with Crippen molar-refractivity contribution in [3.8, 4) is 0 Å². The van der Waals surface area contributed by atoms with Gasteiger partial charge in [-0.2, -0.15) is 4.74 Å². The lowest BCUT2D eigenvalue weighted by Crippen LogP contribution is -1.94. The molecule has 1 rings (SSSR count). The molecular weight excluding hydrogens is 249 g/mol. The molecule has 14 heavy (non-hydrogen) atoms. The van der Waals surface area contributed by atoms with E-state index in [-0.39, 0.29) is 25.4 Å². The van der Waals surface area contributed by atoms with Crippen LogP contribution in [0.25, 0.3) is 0 Å². The molecule has 0 aliphatic carbocycles. The van der Waals surface area contributed by atoms with E-state index in [1.165, 1.54) is 12.1 Å². The summed E-state index contributed by atoms with van der Waals surface area (Å²) in [5.41, 5.74) is -0.0368. The quantitative estimate of drug-likeness (QED) is 0.288. The van der Waals surface area contributed by atoms with Crippen LogP contribution in [0.4, 0.5) is 5.69 Å². The van der Waals surface area contributed by atoms with Gasteiger partial charge in [0.15, 0.2) is 10.7 Å². The molecule has 1 aromatic rings. The average Bonchev–Trinajstić information content (AvgIpc) is 2.02. The Morgan fingerprint density at radius 2 is 1.93 bits per heavy atom. The molecule has 0 spiro atoms. The number of hydrogen-bond acceptors (Lipinski definition) is 3. The van der Waals surface area contributed by atoms with Crippen molar-refractivity contribution in [2.75, 3.05) is 0 Å². The molecule has 0 aliphatic heterocycles. The van der Waals surface area contributed by atoms with Gasteiger partial charge in [-0.3, -0.25) is 0 Å². The molecule has 0 saturated carbocycles. The molecule has 0 bridgehead atoms. The van der Waals surface area contributed by atoms with Crippen molar-refractivity contribution >= 4 is 46.3 Å². The van der Waals surface area contributed by atoms with E-state index in [9.17, 15) is 13.6 Å². The topological polar surface area (TPSA) is 60.2 Å². The Kier molecular flexibility index (Phi) is 3.36. The van der Waals surface area contributed by atoms with Crippen molar-refractivity contribution < 1.29 is 13.2 Å². The van der Waals surface area contributed by atoms with Crippen molar-refractivity contribution in [2.45, 2.75) is 4.90 Å². The van der Waals surface area contributed by atoms with Gasteiger partial charge in [0, 0.05) is 6.07 Å². The summed E-state index contributed by atoms with van der Waals surface area (Å²) in [6, 6.07) is 2.58. The molecule has 7 heteroatoms. The molecule has 0 atom stereocenters. The zero-order valence-corrected chi connectivity index (χ0v) is 9.14. The van der Waals surface area contributed by atoms with E-state index < -0.39 is 10.7 Å². The first-order valence-corrected chi connectivity index (χ1v) is 5.28. The summed E-state index contributed by atoms with van der Waals surface area (Å²) in [7, 11) is -2.94. The van der Waals surface area contributed by atoms with Gasteiger partial charge in [0.05, 0.1) is 5.02 Å². The minimum absolute atomic E-state index is 0.0169. The molecule has 0 aliphatic rings. The van der Waals surface area contributed by atoms with Crippen molar-refractivity contribution in [2.24, 2.45) is 0 Å². The lowest BCUT2D eigenvalue weighted by atomic mass is 10.3. The van der Waals surface area contributed by atoms with Crippen LogP contribution in [0.15, 0.2) is 17.0 Å². The molecule has 0 heterocycles. The monoisotopic (exact) mass is 253 g/mol. The van der Waals surface area contributed by atoms with Crippen LogP contribution in [0.3, 0.4) is 0 Å². The van der Waals surface area contributed by atoms with Crippen molar-refractivity contribution in [1.82, 2.24) is 0 Å². The number of rotatable bonds is 2. The van der Waals surface area contributed by atoms with E-state index >= 15 is 0 Å². The van der Waals surface area contributed by atoms with E-state index in [1.807, 2.05) is 0 Å². The highest BCUT2D eigenvalue weighted by Crippen LogP contribution is 2.33. The summed E-state index contributed by atoms with van der Waals surface area (Å²) >= 11 is 11.2. The lowest BCUT2D eigenvalue weighted by molar-refractivity contribution is -0.349. The zero-order chi connectivity index (χ0) is 10.9. The normalized spacial score (nSPS) is 10.5. The molecule has 76 valence electrons. The number of nitrogens with zero attached hydrogens (tertiary/aromatic N) is 1. The highest BCUT2D eigenvalue weighted by atomic mass is 35.5. The van der Waals surface area contributed by atoms with Crippen LogP contribution in [-0.4, -0.2) is 19.9 Å². The third-order valence-electron chi connectivity index (χ3n) is 1.50. The highest BCUT2D eigenvalue weighted by Gasteiger charge is 2.17. The smallest absolute Gasteiger partial charge is 0.236 e. The van der Waals surface area contributed by atoms with E-state index in [0.717, 1.165) is 0 Å². The fourth-order valence-corrected chi connectivity index (χ4v) is 2.29. The summed E-state index contributed by atoms with van der Waals surface area (Å²) in [5.74, 6) is 0.